The normalized spacial score (nSPS) is 29.5. The summed E-state index contributed by atoms with van der Waals surface area (Å²) in [6, 6.07) is 5.99. The van der Waals surface area contributed by atoms with E-state index in [9.17, 15) is 9.18 Å². The molecular weight excluding hydrogens is 249 g/mol. The van der Waals surface area contributed by atoms with E-state index in [4.69, 9.17) is 4.84 Å². The van der Waals surface area contributed by atoms with Crippen LogP contribution in [0.4, 0.5) is 4.39 Å². The molecule has 6 heteroatoms. The molecular formula is C13H14FN3O2. The highest BCUT2D eigenvalue weighted by Gasteiger charge is 2.44. The number of oxime groups is 1. The van der Waals surface area contributed by atoms with E-state index in [2.05, 4.69) is 15.8 Å². The molecule has 1 aromatic rings. The third-order valence-corrected chi connectivity index (χ3v) is 3.51. The van der Waals surface area contributed by atoms with E-state index in [0.717, 1.165) is 5.56 Å². The van der Waals surface area contributed by atoms with Gasteiger partial charge in [0.15, 0.2) is 5.84 Å². The highest BCUT2D eigenvalue weighted by Crippen LogP contribution is 2.26. The fraction of sp³-hybridized carbons (Fsp3) is 0.385. The summed E-state index contributed by atoms with van der Waals surface area (Å²) >= 11 is 0. The Kier molecular flexibility index (Phi) is 2.66. The predicted octanol–water partition coefficient (Wildman–Crippen LogP) is 1.10. The van der Waals surface area contributed by atoms with Crippen LogP contribution in [0.2, 0.25) is 0 Å². The number of hydrogen-bond donors (Lipinski definition) is 2. The van der Waals surface area contributed by atoms with Gasteiger partial charge in [0.2, 0.25) is 12.1 Å². The van der Waals surface area contributed by atoms with Crippen molar-refractivity contribution in [3.63, 3.8) is 0 Å². The van der Waals surface area contributed by atoms with Crippen molar-refractivity contribution >= 4 is 11.7 Å². The number of hydrogen-bond acceptors (Lipinski definition) is 4. The molecule has 2 unspecified atom stereocenters. The van der Waals surface area contributed by atoms with Crippen molar-refractivity contribution in [2.24, 2.45) is 5.16 Å². The Morgan fingerprint density at radius 1 is 1.42 bits per heavy atom. The SMILES string of the molecule is CC1(C2NC(c3ccc(F)cc3)=NO2)CCC(=O)N1. The maximum absolute atomic E-state index is 12.9. The van der Waals surface area contributed by atoms with Crippen LogP contribution in [-0.4, -0.2) is 23.5 Å². The summed E-state index contributed by atoms with van der Waals surface area (Å²) in [4.78, 5) is 16.7. The Bertz CT molecular complexity index is 543. The second-order valence-electron chi connectivity index (χ2n) is 5.04. The molecule has 1 amide bonds. The smallest absolute Gasteiger partial charge is 0.221 e. The summed E-state index contributed by atoms with van der Waals surface area (Å²) in [5.74, 6) is 0.269. The summed E-state index contributed by atoms with van der Waals surface area (Å²) in [5.41, 5.74) is 0.277. The van der Waals surface area contributed by atoms with Crippen LogP contribution in [0.5, 0.6) is 0 Å². The van der Waals surface area contributed by atoms with E-state index in [1.54, 1.807) is 12.1 Å². The lowest BCUT2D eigenvalue weighted by Crippen LogP contribution is -2.55. The van der Waals surface area contributed by atoms with Gasteiger partial charge >= 0.3 is 0 Å². The Hall–Kier alpha value is -2.11. The van der Waals surface area contributed by atoms with Crippen molar-refractivity contribution in [3.8, 4) is 0 Å². The lowest BCUT2D eigenvalue weighted by molar-refractivity contribution is -0.120. The van der Waals surface area contributed by atoms with Crippen LogP contribution in [0.15, 0.2) is 29.4 Å². The molecule has 2 aliphatic heterocycles. The van der Waals surface area contributed by atoms with E-state index in [1.165, 1.54) is 12.1 Å². The van der Waals surface area contributed by atoms with E-state index in [1.807, 2.05) is 6.92 Å². The Labute approximate surface area is 109 Å². The molecule has 3 rings (SSSR count). The molecule has 0 aliphatic carbocycles. The third kappa shape index (κ3) is 2.14. The number of nitrogens with zero attached hydrogens (tertiary/aromatic N) is 1. The molecule has 1 fully saturated rings. The molecule has 1 saturated heterocycles. The number of rotatable bonds is 2. The van der Waals surface area contributed by atoms with Crippen molar-refractivity contribution in [2.45, 2.75) is 31.5 Å². The van der Waals surface area contributed by atoms with Crippen LogP contribution in [0.3, 0.4) is 0 Å². The summed E-state index contributed by atoms with van der Waals surface area (Å²) in [5, 5.41) is 9.98. The van der Waals surface area contributed by atoms with Crippen molar-refractivity contribution < 1.29 is 14.0 Å². The number of carbonyl (C=O) groups excluding carboxylic acids is 1. The first-order valence-electron chi connectivity index (χ1n) is 6.14. The number of amidine groups is 1. The monoisotopic (exact) mass is 263 g/mol. The fourth-order valence-corrected chi connectivity index (χ4v) is 2.32. The molecule has 0 spiro atoms. The standard InChI is InChI=1S/C13H14FN3O2/c1-13(7-6-10(18)16-13)12-15-11(17-19-12)8-2-4-9(14)5-3-8/h2-5,12H,6-7H2,1H3,(H,15,17)(H,16,18). The molecule has 2 atom stereocenters. The molecule has 2 heterocycles. The number of halogens is 1. The van der Waals surface area contributed by atoms with Crippen LogP contribution < -0.4 is 10.6 Å². The van der Waals surface area contributed by atoms with Crippen LogP contribution in [0.25, 0.3) is 0 Å². The van der Waals surface area contributed by atoms with E-state index >= 15 is 0 Å². The van der Waals surface area contributed by atoms with Crippen molar-refractivity contribution in [1.29, 1.82) is 0 Å². The number of carbonyl (C=O) groups is 1. The molecule has 100 valence electrons. The second-order valence-corrected chi connectivity index (χ2v) is 5.04. The van der Waals surface area contributed by atoms with Crippen LogP contribution in [0, 0.1) is 5.82 Å². The van der Waals surface area contributed by atoms with E-state index in [-0.39, 0.29) is 11.7 Å². The molecule has 0 radical (unpaired) electrons. The van der Waals surface area contributed by atoms with Gasteiger partial charge in [0.1, 0.15) is 5.82 Å². The molecule has 0 bridgehead atoms. The van der Waals surface area contributed by atoms with Gasteiger partial charge in [-0.3, -0.25) is 4.79 Å². The number of benzene rings is 1. The van der Waals surface area contributed by atoms with Gasteiger partial charge in [-0.15, -0.1) is 0 Å². The van der Waals surface area contributed by atoms with E-state index < -0.39 is 11.8 Å². The minimum absolute atomic E-state index is 0.0168. The summed E-state index contributed by atoms with van der Waals surface area (Å²) in [6.07, 6.45) is 0.776. The fourth-order valence-electron chi connectivity index (χ4n) is 2.32. The van der Waals surface area contributed by atoms with Gasteiger partial charge in [-0.25, -0.2) is 4.39 Å². The van der Waals surface area contributed by atoms with E-state index in [0.29, 0.717) is 18.7 Å². The Balaban J connectivity index is 1.73. The molecule has 5 nitrogen and oxygen atoms in total. The molecule has 0 saturated carbocycles. The summed E-state index contributed by atoms with van der Waals surface area (Å²) in [7, 11) is 0. The Morgan fingerprint density at radius 3 is 2.79 bits per heavy atom. The van der Waals surface area contributed by atoms with Crippen LogP contribution in [-0.2, 0) is 9.63 Å². The number of nitrogens with one attached hydrogen (secondary N) is 2. The van der Waals surface area contributed by atoms with Gasteiger partial charge in [0.05, 0.1) is 5.54 Å². The second kappa shape index (κ2) is 4.22. The topological polar surface area (TPSA) is 62.7 Å². The number of amides is 1. The molecule has 2 aliphatic rings. The van der Waals surface area contributed by atoms with Gasteiger partial charge in [0, 0.05) is 12.0 Å². The van der Waals surface area contributed by atoms with Gasteiger partial charge in [-0.1, -0.05) is 5.16 Å². The maximum atomic E-state index is 12.9. The molecule has 1 aromatic carbocycles. The maximum Gasteiger partial charge on any atom is 0.221 e. The minimum Gasteiger partial charge on any atom is -0.366 e. The molecule has 0 aromatic heterocycles. The van der Waals surface area contributed by atoms with Crippen molar-refractivity contribution in [2.75, 3.05) is 0 Å². The first kappa shape index (κ1) is 12.0. The molecule has 19 heavy (non-hydrogen) atoms. The lowest BCUT2D eigenvalue weighted by atomic mass is 9.98. The zero-order valence-corrected chi connectivity index (χ0v) is 10.4. The average Bonchev–Trinajstić information content (AvgIpc) is 2.99. The van der Waals surface area contributed by atoms with Gasteiger partial charge < -0.3 is 15.5 Å². The van der Waals surface area contributed by atoms with Crippen molar-refractivity contribution in [3.05, 3.63) is 35.6 Å². The van der Waals surface area contributed by atoms with Crippen LogP contribution in [0.1, 0.15) is 25.3 Å². The summed E-state index contributed by atoms with van der Waals surface area (Å²) in [6.45, 7) is 1.92. The average molecular weight is 263 g/mol. The Morgan fingerprint density at radius 2 is 2.16 bits per heavy atom. The lowest BCUT2D eigenvalue weighted by Gasteiger charge is -2.28. The third-order valence-electron chi connectivity index (χ3n) is 3.51. The molecule has 2 N–H and O–H groups in total. The van der Waals surface area contributed by atoms with Crippen LogP contribution >= 0.6 is 0 Å². The first-order valence-corrected chi connectivity index (χ1v) is 6.14. The van der Waals surface area contributed by atoms with Gasteiger partial charge in [-0.05, 0) is 37.6 Å². The highest BCUT2D eigenvalue weighted by atomic mass is 19.1. The summed E-state index contributed by atoms with van der Waals surface area (Å²) < 4.78 is 12.9. The largest absolute Gasteiger partial charge is 0.366 e. The van der Waals surface area contributed by atoms with Gasteiger partial charge in [0.25, 0.3) is 0 Å². The zero-order valence-electron chi connectivity index (χ0n) is 10.4. The minimum atomic E-state index is -0.470. The van der Waals surface area contributed by atoms with Crippen molar-refractivity contribution in [1.82, 2.24) is 10.6 Å². The zero-order chi connectivity index (χ0) is 13.5. The highest BCUT2D eigenvalue weighted by molar-refractivity contribution is 5.99. The predicted molar refractivity (Wildman–Crippen MR) is 66.7 cm³/mol. The van der Waals surface area contributed by atoms with Gasteiger partial charge in [-0.2, -0.15) is 0 Å². The first-order chi connectivity index (χ1) is 9.07. The quantitative estimate of drug-likeness (QED) is 0.840.